The number of carbonyl (C=O) groups excluding carboxylic acids is 1. The van der Waals surface area contributed by atoms with Gasteiger partial charge in [-0.15, -0.1) is 11.6 Å². The van der Waals surface area contributed by atoms with Gasteiger partial charge < -0.3 is 9.84 Å². The molecule has 0 radical (unpaired) electrons. The molecule has 15 heavy (non-hydrogen) atoms. The Hall–Kier alpha value is -1.03. The van der Waals surface area contributed by atoms with Crippen molar-refractivity contribution in [2.45, 2.75) is 33.2 Å². The highest BCUT2D eigenvalue weighted by Gasteiger charge is 2.29. The van der Waals surface area contributed by atoms with Crippen LogP contribution in [0.2, 0.25) is 0 Å². The van der Waals surface area contributed by atoms with Crippen molar-refractivity contribution in [3.8, 4) is 0 Å². The lowest BCUT2D eigenvalue weighted by molar-refractivity contribution is -0.120. The van der Waals surface area contributed by atoms with E-state index in [1.54, 1.807) is 0 Å². The maximum Gasteiger partial charge on any atom is 0.235 e. The molecule has 4 nitrogen and oxygen atoms in total. The van der Waals surface area contributed by atoms with Crippen LogP contribution in [0.4, 0.5) is 0 Å². The summed E-state index contributed by atoms with van der Waals surface area (Å²) < 4.78 is 5.06. The third-order valence-corrected chi connectivity index (χ3v) is 2.47. The summed E-state index contributed by atoms with van der Waals surface area (Å²) in [6.45, 7) is 7.46. The first-order valence-corrected chi connectivity index (χ1v) is 5.22. The first-order valence-electron chi connectivity index (χ1n) is 4.69. The molecule has 0 aromatic carbocycles. The van der Waals surface area contributed by atoms with Gasteiger partial charge in [0.15, 0.2) is 0 Å². The van der Waals surface area contributed by atoms with E-state index in [0.29, 0.717) is 5.76 Å². The Morgan fingerprint density at radius 1 is 1.53 bits per heavy atom. The van der Waals surface area contributed by atoms with Crippen molar-refractivity contribution >= 4 is 17.5 Å². The van der Waals surface area contributed by atoms with Crippen LogP contribution < -0.4 is 5.32 Å². The van der Waals surface area contributed by atoms with Crippen molar-refractivity contribution in [1.29, 1.82) is 0 Å². The van der Waals surface area contributed by atoms with E-state index >= 15 is 0 Å². The highest BCUT2D eigenvalue weighted by Crippen LogP contribution is 2.26. The summed E-state index contributed by atoms with van der Waals surface area (Å²) >= 11 is 5.45. The molecule has 5 heteroatoms. The minimum Gasteiger partial charge on any atom is -0.361 e. The van der Waals surface area contributed by atoms with Crippen LogP contribution in [0.15, 0.2) is 4.52 Å². The van der Waals surface area contributed by atoms with Crippen LogP contribution in [0.1, 0.15) is 30.9 Å². The standard InChI is InChI=1S/C10H15ClN2O2/c1-6-9(7(2)15-13-6)10(3,4)12-8(14)5-11/h5H2,1-4H3,(H,12,14). The molecule has 0 spiro atoms. The van der Waals surface area contributed by atoms with Crippen LogP contribution in [0.5, 0.6) is 0 Å². The van der Waals surface area contributed by atoms with Gasteiger partial charge in [-0.25, -0.2) is 0 Å². The largest absolute Gasteiger partial charge is 0.361 e. The molecule has 0 saturated carbocycles. The minimum absolute atomic E-state index is 0.0488. The monoisotopic (exact) mass is 230 g/mol. The van der Waals surface area contributed by atoms with E-state index in [1.807, 2.05) is 27.7 Å². The predicted octanol–water partition coefficient (Wildman–Crippen LogP) is 1.88. The quantitative estimate of drug-likeness (QED) is 0.807. The molecular formula is C10H15ClN2O2. The summed E-state index contributed by atoms with van der Waals surface area (Å²) in [5.41, 5.74) is 1.17. The lowest BCUT2D eigenvalue weighted by atomic mass is 9.92. The maximum absolute atomic E-state index is 11.3. The van der Waals surface area contributed by atoms with Crippen LogP contribution in [-0.4, -0.2) is 16.9 Å². The lowest BCUT2D eigenvalue weighted by Crippen LogP contribution is -2.42. The van der Waals surface area contributed by atoms with Crippen LogP contribution in [0.25, 0.3) is 0 Å². The van der Waals surface area contributed by atoms with E-state index in [-0.39, 0.29) is 11.8 Å². The number of hydrogen-bond acceptors (Lipinski definition) is 3. The Kier molecular flexibility index (Phi) is 3.39. The molecule has 1 aromatic heterocycles. The number of hydrogen-bond donors (Lipinski definition) is 1. The van der Waals surface area contributed by atoms with Crippen molar-refractivity contribution in [3.05, 3.63) is 17.0 Å². The first-order chi connectivity index (χ1) is 6.88. The summed E-state index contributed by atoms with van der Waals surface area (Å²) in [4.78, 5) is 11.3. The van der Waals surface area contributed by atoms with Crippen LogP contribution >= 0.6 is 11.6 Å². The van der Waals surface area contributed by atoms with Gasteiger partial charge in [0, 0.05) is 5.56 Å². The molecule has 0 atom stereocenters. The smallest absolute Gasteiger partial charge is 0.235 e. The molecule has 0 unspecified atom stereocenters. The number of halogens is 1. The van der Waals surface area contributed by atoms with Crippen LogP contribution in [0.3, 0.4) is 0 Å². The Morgan fingerprint density at radius 2 is 2.13 bits per heavy atom. The molecule has 0 saturated heterocycles. The fraction of sp³-hybridized carbons (Fsp3) is 0.600. The molecular weight excluding hydrogens is 216 g/mol. The summed E-state index contributed by atoms with van der Waals surface area (Å²) in [7, 11) is 0. The number of carbonyl (C=O) groups is 1. The SMILES string of the molecule is Cc1noc(C)c1C(C)(C)NC(=O)CCl. The molecule has 0 bridgehead atoms. The number of nitrogens with zero attached hydrogens (tertiary/aromatic N) is 1. The van der Waals surface area contributed by atoms with E-state index in [1.165, 1.54) is 0 Å². The van der Waals surface area contributed by atoms with Gasteiger partial charge in [-0.1, -0.05) is 5.16 Å². The summed E-state index contributed by atoms with van der Waals surface area (Å²) in [5.74, 6) is 0.460. The number of alkyl halides is 1. The molecule has 1 heterocycles. The number of rotatable bonds is 3. The Bertz CT molecular complexity index is 352. The second-order valence-electron chi connectivity index (χ2n) is 4.01. The van der Waals surface area contributed by atoms with Crippen molar-refractivity contribution in [2.24, 2.45) is 0 Å². The van der Waals surface area contributed by atoms with E-state index in [2.05, 4.69) is 10.5 Å². The summed E-state index contributed by atoms with van der Waals surface area (Å²) in [5, 5.41) is 6.68. The highest BCUT2D eigenvalue weighted by atomic mass is 35.5. The lowest BCUT2D eigenvalue weighted by Gasteiger charge is -2.25. The highest BCUT2D eigenvalue weighted by molar-refractivity contribution is 6.27. The molecule has 84 valence electrons. The number of aryl methyl sites for hydroxylation is 2. The molecule has 0 aliphatic carbocycles. The van der Waals surface area contributed by atoms with Gasteiger partial charge in [0.2, 0.25) is 5.91 Å². The van der Waals surface area contributed by atoms with Crippen molar-refractivity contribution in [1.82, 2.24) is 10.5 Å². The Morgan fingerprint density at radius 3 is 2.53 bits per heavy atom. The van der Waals surface area contributed by atoms with Gasteiger partial charge in [-0.05, 0) is 27.7 Å². The summed E-state index contributed by atoms with van der Waals surface area (Å²) in [6, 6.07) is 0. The number of aromatic nitrogens is 1. The topological polar surface area (TPSA) is 55.1 Å². The zero-order chi connectivity index (χ0) is 11.6. The maximum atomic E-state index is 11.3. The van der Waals surface area contributed by atoms with Gasteiger partial charge in [0.1, 0.15) is 11.6 Å². The van der Waals surface area contributed by atoms with Gasteiger partial charge in [0.25, 0.3) is 0 Å². The normalized spacial score (nSPS) is 11.5. The second kappa shape index (κ2) is 4.23. The average Bonchev–Trinajstić information content (AvgIpc) is 2.45. The van der Waals surface area contributed by atoms with E-state index in [4.69, 9.17) is 16.1 Å². The second-order valence-corrected chi connectivity index (χ2v) is 4.27. The van der Waals surface area contributed by atoms with Gasteiger partial charge in [0.05, 0.1) is 11.2 Å². The van der Waals surface area contributed by atoms with Crippen LogP contribution in [0, 0.1) is 13.8 Å². The molecule has 1 rings (SSSR count). The Labute approximate surface area is 94.0 Å². The van der Waals surface area contributed by atoms with Gasteiger partial charge >= 0.3 is 0 Å². The van der Waals surface area contributed by atoms with Crippen molar-refractivity contribution in [3.63, 3.8) is 0 Å². The summed E-state index contributed by atoms with van der Waals surface area (Å²) in [6.07, 6.45) is 0. The average molecular weight is 231 g/mol. The van der Waals surface area contributed by atoms with E-state index < -0.39 is 5.54 Å². The number of amides is 1. The zero-order valence-corrected chi connectivity index (χ0v) is 10.1. The third-order valence-electron chi connectivity index (χ3n) is 2.23. The predicted molar refractivity (Wildman–Crippen MR) is 57.9 cm³/mol. The number of nitrogens with one attached hydrogen (secondary N) is 1. The van der Waals surface area contributed by atoms with E-state index in [9.17, 15) is 4.79 Å². The van der Waals surface area contributed by atoms with Gasteiger partial charge in [-0.2, -0.15) is 0 Å². The molecule has 0 aliphatic heterocycles. The van der Waals surface area contributed by atoms with Crippen molar-refractivity contribution in [2.75, 3.05) is 5.88 Å². The molecule has 1 amide bonds. The molecule has 0 fully saturated rings. The first kappa shape index (κ1) is 12.0. The van der Waals surface area contributed by atoms with E-state index in [0.717, 1.165) is 11.3 Å². The van der Waals surface area contributed by atoms with Gasteiger partial charge in [-0.3, -0.25) is 4.79 Å². The fourth-order valence-corrected chi connectivity index (χ4v) is 1.89. The zero-order valence-electron chi connectivity index (χ0n) is 9.35. The molecule has 0 aliphatic rings. The molecule has 1 aromatic rings. The molecule has 1 N–H and O–H groups in total. The fourth-order valence-electron chi connectivity index (χ4n) is 1.82. The van der Waals surface area contributed by atoms with Crippen molar-refractivity contribution < 1.29 is 9.32 Å². The third kappa shape index (κ3) is 2.50. The minimum atomic E-state index is -0.514. The van der Waals surface area contributed by atoms with Crippen LogP contribution in [-0.2, 0) is 10.3 Å². The Balaban J connectivity index is 3.00.